The predicted molar refractivity (Wildman–Crippen MR) is 104 cm³/mol. The van der Waals surface area contributed by atoms with Crippen LogP contribution in [0.4, 0.5) is 0 Å². The van der Waals surface area contributed by atoms with Crippen molar-refractivity contribution in [3.8, 4) is 11.5 Å². The monoisotopic (exact) mass is 391 g/mol. The summed E-state index contributed by atoms with van der Waals surface area (Å²) in [7, 11) is -1.66. The zero-order chi connectivity index (χ0) is 20.0. The summed E-state index contributed by atoms with van der Waals surface area (Å²) >= 11 is 0. The molecule has 2 atom stereocenters. The highest BCUT2D eigenvalue weighted by Crippen LogP contribution is 2.21. The Morgan fingerprint density at radius 3 is 2.07 bits per heavy atom. The number of ether oxygens (including phenoxy) is 2. The lowest BCUT2D eigenvalue weighted by atomic mass is 10.0. The third-order valence-corrected chi connectivity index (χ3v) is 5.31. The Labute approximate surface area is 160 Å². The highest BCUT2D eigenvalue weighted by atomic mass is 32.2. The number of rotatable bonds is 8. The predicted octanol–water partition coefficient (Wildman–Crippen LogP) is 3.13. The van der Waals surface area contributed by atoms with E-state index in [-0.39, 0.29) is 16.8 Å². The Morgan fingerprint density at radius 2 is 1.59 bits per heavy atom. The van der Waals surface area contributed by atoms with Gasteiger partial charge in [0, 0.05) is 6.26 Å². The normalized spacial score (nSPS) is 13.5. The van der Waals surface area contributed by atoms with E-state index < -0.39 is 15.9 Å². The zero-order valence-electron chi connectivity index (χ0n) is 15.9. The van der Waals surface area contributed by atoms with Crippen molar-refractivity contribution in [2.45, 2.75) is 37.3 Å². The van der Waals surface area contributed by atoms with E-state index in [0.29, 0.717) is 17.9 Å². The number of hydrogen-bond donors (Lipinski definition) is 1. The summed E-state index contributed by atoms with van der Waals surface area (Å²) in [6, 6.07) is 13.3. The van der Waals surface area contributed by atoms with Crippen LogP contribution in [0.5, 0.6) is 11.5 Å². The lowest BCUT2D eigenvalue weighted by Crippen LogP contribution is -2.38. The molecule has 0 spiro atoms. The van der Waals surface area contributed by atoms with Crippen LogP contribution < -0.4 is 14.8 Å². The van der Waals surface area contributed by atoms with E-state index in [0.717, 1.165) is 5.56 Å². The Balaban J connectivity index is 2.02. The van der Waals surface area contributed by atoms with Gasteiger partial charge in [-0.25, -0.2) is 8.42 Å². The molecule has 0 saturated carbocycles. The Morgan fingerprint density at radius 1 is 1.04 bits per heavy atom. The molecule has 0 radical (unpaired) electrons. The van der Waals surface area contributed by atoms with Gasteiger partial charge in [0.2, 0.25) is 0 Å². The van der Waals surface area contributed by atoms with Crippen molar-refractivity contribution in [1.82, 2.24) is 5.32 Å². The highest BCUT2D eigenvalue weighted by molar-refractivity contribution is 7.90. The summed E-state index contributed by atoms with van der Waals surface area (Å²) in [5.41, 5.74) is 0.842. The van der Waals surface area contributed by atoms with Gasteiger partial charge in [0.15, 0.2) is 15.9 Å². The van der Waals surface area contributed by atoms with Crippen LogP contribution in [0.25, 0.3) is 0 Å². The van der Waals surface area contributed by atoms with E-state index in [9.17, 15) is 13.2 Å². The zero-order valence-corrected chi connectivity index (χ0v) is 16.7. The average Bonchev–Trinajstić information content (AvgIpc) is 2.66. The SMILES string of the molecule is CC[C@H](NC(=O)[C@H](C)Oc1ccc(OC)cc1)c1ccc(S(C)(=O)=O)cc1. The molecule has 2 aromatic rings. The lowest BCUT2D eigenvalue weighted by molar-refractivity contribution is -0.128. The first-order valence-corrected chi connectivity index (χ1v) is 10.5. The number of benzene rings is 2. The van der Waals surface area contributed by atoms with Crippen LogP contribution in [0.15, 0.2) is 53.4 Å². The second-order valence-corrected chi connectivity index (χ2v) is 8.26. The number of hydrogen-bond acceptors (Lipinski definition) is 5. The highest BCUT2D eigenvalue weighted by Gasteiger charge is 2.20. The first-order chi connectivity index (χ1) is 12.7. The molecule has 0 bridgehead atoms. The molecule has 7 heteroatoms. The number of carbonyl (C=O) groups is 1. The van der Waals surface area contributed by atoms with Gasteiger partial charge in [-0.15, -0.1) is 0 Å². The van der Waals surface area contributed by atoms with Crippen LogP contribution in [0.3, 0.4) is 0 Å². The summed E-state index contributed by atoms with van der Waals surface area (Å²) in [4.78, 5) is 12.7. The maximum Gasteiger partial charge on any atom is 0.261 e. The van der Waals surface area contributed by atoms with Gasteiger partial charge in [0.05, 0.1) is 18.0 Å². The van der Waals surface area contributed by atoms with E-state index in [1.807, 2.05) is 6.92 Å². The van der Waals surface area contributed by atoms with Crippen molar-refractivity contribution in [3.05, 3.63) is 54.1 Å². The van der Waals surface area contributed by atoms with Crippen LogP contribution in [-0.2, 0) is 14.6 Å². The Hall–Kier alpha value is -2.54. The maximum absolute atomic E-state index is 12.5. The molecule has 0 aliphatic heterocycles. The molecular formula is C20H25NO5S. The van der Waals surface area contributed by atoms with Crippen LogP contribution in [0, 0.1) is 0 Å². The van der Waals surface area contributed by atoms with Gasteiger partial charge in [-0.3, -0.25) is 4.79 Å². The molecule has 0 saturated heterocycles. The standard InChI is InChI=1S/C20H25NO5S/c1-5-19(15-6-12-18(13-7-15)27(4,23)24)21-20(22)14(2)26-17-10-8-16(25-3)9-11-17/h6-14,19H,5H2,1-4H3,(H,21,22)/t14-,19-/m0/s1. The minimum atomic E-state index is -3.24. The Bertz CT molecular complexity index is 860. The second-order valence-electron chi connectivity index (χ2n) is 6.25. The van der Waals surface area contributed by atoms with Gasteiger partial charge in [0.1, 0.15) is 11.5 Å². The fourth-order valence-electron chi connectivity index (χ4n) is 2.57. The summed E-state index contributed by atoms with van der Waals surface area (Å²) in [6.07, 6.45) is 1.15. The summed E-state index contributed by atoms with van der Waals surface area (Å²) < 4.78 is 33.9. The number of carbonyl (C=O) groups excluding carboxylic acids is 1. The molecule has 0 aliphatic carbocycles. The number of sulfone groups is 1. The molecule has 27 heavy (non-hydrogen) atoms. The minimum Gasteiger partial charge on any atom is -0.497 e. The summed E-state index contributed by atoms with van der Waals surface area (Å²) in [5, 5.41) is 2.95. The van der Waals surface area contributed by atoms with Crippen LogP contribution in [0.2, 0.25) is 0 Å². The van der Waals surface area contributed by atoms with Gasteiger partial charge >= 0.3 is 0 Å². The second kappa shape index (κ2) is 8.90. The number of methoxy groups -OCH3 is 1. The van der Waals surface area contributed by atoms with E-state index in [4.69, 9.17) is 9.47 Å². The minimum absolute atomic E-state index is 0.229. The van der Waals surface area contributed by atoms with E-state index in [2.05, 4.69) is 5.32 Å². The molecule has 0 aromatic heterocycles. The topological polar surface area (TPSA) is 81.7 Å². The van der Waals surface area contributed by atoms with Crippen molar-refractivity contribution < 1.29 is 22.7 Å². The van der Waals surface area contributed by atoms with Gasteiger partial charge < -0.3 is 14.8 Å². The number of amides is 1. The molecule has 0 unspecified atom stereocenters. The Kier molecular flexibility index (Phi) is 6.85. The molecule has 2 rings (SSSR count). The van der Waals surface area contributed by atoms with Crippen LogP contribution >= 0.6 is 0 Å². The molecular weight excluding hydrogens is 366 g/mol. The van der Waals surface area contributed by atoms with Crippen LogP contribution in [-0.4, -0.2) is 33.8 Å². The lowest BCUT2D eigenvalue weighted by Gasteiger charge is -2.21. The van der Waals surface area contributed by atoms with Gasteiger partial charge in [0.25, 0.3) is 5.91 Å². The fourth-order valence-corrected chi connectivity index (χ4v) is 3.20. The third kappa shape index (κ3) is 5.72. The van der Waals surface area contributed by atoms with Crippen molar-refractivity contribution in [3.63, 3.8) is 0 Å². The number of nitrogens with one attached hydrogen (secondary N) is 1. The molecule has 0 fully saturated rings. The molecule has 2 aromatic carbocycles. The third-order valence-electron chi connectivity index (χ3n) is 4.18. The van der Waals surface area contributed by atoms with Crippen molar-refractivity contribution >= 4 is 15.7 Å². The largest absolute Gasteiger partial charge is 0.497 e. The van der Waals surface area contributed by atoms with E-state index in [1.165, 1.54) is 6.26 Å². The van der Waals surface area contributed by atoms with Crippen molar-refractivity contribution in [2.75, 3.05) is 13.4 Å². The van der Waals surface area contributed by atoms with E-state index in [1.54, 1.807) is 62.6 Å². The summed E-state index contributed by atoms with van der Waals surface area (Å²) in [5.74, 6) is 1.04. The molecule has 6 nitrogen and oxygen atoms in total. The van der Waals surface area contributed by atoms with Crippen molar-refractivity contribution in [1.29, 1.82) is 0 Å². The smallest absolute Gasteiger partial charge is 0.261 e. The average molecular weight is 391 g/mol. The quantitative estimate of drug-likeness (QED) is 0.748. The molecule has 0 aliphatic rings. The first-order valence-electron chi connectivity index (χ1n) is 8.65. The molecule has 1 amide bonds. The molecule has 146 valence electrons. The fraction of sp³-hybridized carbons (Fsp3) is 0.350. The molecule has 1 N–H and O–H groups in total. The van der Waals surface area contributed by atoms with Gasteiger partial charge in [-0.05, 0) is 55.3 Å². The summed E-state index contributed by atoms with van der Waals surface area (Å²) in [6.45, 7) is 3.63. The van der Waals surface area contributed by atoms with Gasteiger partial charge in [-0.2, -0.15) is 0 Å². The molecule has 0 heterocycles. The first kappa shape index (κ1) is 20.8. The van der Waals surface area contributed by atoms with Crippen molar-refractivity contribution in [2.24, 2.45) is 0 Å². The van der Waals surface area contributed by atoms with E-state index >= 15 is 0 Å². The maximum atomic E-state index is 12.5. The van der Waals surface area contributed by atoms with Gasteiger partial charge in [-0.1, -0.05) is 19.1 Å². The van der Waals surface area contributed by atoms with Crippen LogP contribution in [0.1, 0.15) is 31.9 Å².